The highest BCUT2D eigenvalue weighted by Crippen LogP contribution is 2.44. The third-order valence-corrected chi connectivity index (χ3v) is 10.0. The molecule has 1 aromatic heterocycles. The Morgan fingerprint density at radius 1 is 1.04 bits per heavy atom. The molecule has 0 saturated carbocycles. The Morgan fingerprint density at radius 3 is 2.44 bits per heavy atom. The number of hydrogen-bond acceptors (Lipinski definition) is 6. The summed E-state index contributed by atoms with van der Waals surface area (Å²) < 4.78 is 15.2. The number of piperazine rings is 1. The molecule has 2 aliphatic rings. The average Bonchev–Trinajstić information content (AvgIpc) is 3.38. The van der Waals surface area contributed by atoms with Gasteiger partial charge in [0.1, 0.15) is 16.7 Å². The van der Waals surface area contributed by atoms with Gasteiger partial charge < -0.3 is 10.0 Å². The summed E-state index contributed by atoms with van der Waals surface area (Å²) in [6.45, 7) is 10.6. The van der Waals surface area contributed by atoms with Gasteiger partial charge >= 0.3 is 0 Å². The molecule has 0 radical (unpaired) electrons. The monoisotopic (exact) mass is 627 g/mol. The second-order valence-electron chi connectivity index (χ2n) is 13.1. The van der Waals surface area contributed by atoms with E-state index < -0.39 is 15.7 Å². The van der Waals surface area contributed by atoms with Crippen LogP contribution in [0.2, 0.25) is 0 Å². The fourth-order valence-electron chi connectivity index (χ4n) is 5.96. The first kappa shape index (κ1) is 33.0. The molecule has 45 heavy (non-hydrogen) atoms. The van der Waals surface area contributed by atoms with Crippen LogP contribution in [0, 0.1) is 11.8 Å². The van der Waals surface area contributed by atoms with Crippen LogP contribution in [0.4, 0.5) is 0 Å². The van der Waals surface area contributed by atoms with Gasteiger partial charge in [-0.3, -0.25) is 14.6 Å². The van der Waals surface area contributed by atoms with Gasteiger partial charge in [-0.1, -0.05) is 54.3 Å². The summed E-state index contributed by atoms with van der Waals surface area (Å²) >= 11 is 0. The summed E-state index contributed by atoms with van der Waals surface area (Å²) in [5.41, 5.74) is 5.96. The zero-order valence-corrected chi connectivity index (χ0v) is 27.9. The molecule has 5 rings (SSSR count). The molecule has 0 bridgehead atoms. The lowest BCUT2D eigenvalue weighted by atomic mass is 9.95. The van der Waals surface area contributed by atoms with Crippen molar-refractivity contribution in [3.05, 3.63) is 88.6 Å². The number of amides is 1. The van der Waals surface area contributed by atoms with Crippen molar-refractivity contribution < 1.29 is 14.1 Å². The lowest BCUT2D eigenvalue weighted by Crippen LogP contribution is -2.48. The molecule has 2 atom stereocenters. The Kier molecular flexibility index (Phi) is 10.5. The Balaban J connectivity index is 1.49. The van der Waals surface area contributed by atoms with Crippen LogP contribution in [-0.4, -0.2) is 97.4 Å². The summed E-state index contributed by atoms with van der Waals surface area (Å²) in [7, 11) is 2.64. The Hall–Kier alpha value is -3.39. The molecule has 238 valence electrons. The number of carbonyl (C=O) groups is 1. The Bertz CT molecular complexity index is 1580. The molecule has 0 spiro atoms. The van der Waals surface area contributed by atoms with Crippen LogP contribution in [0.25, 0.3) is 11.3 Å². The van der Waals surface area contributed by atoms with Crippen LogP contribution in [0.1, 0.15) is 66.0 Å². The van der Waals surface area contributed by atoms with Crippen molar-refractivity contribution in [2.24, 2.45) is 0 Å². The van der Waals surface area contributed by atoms with Crippen molar-refractivity contribution >= 4 is 16.9 Å². The molecular formula is C36H45N5O3S. The largest absolute Gasteiger partial charge is 0.396 e. The van der Waals surface area contributed by atoms with Crippen LogP contribution in [0.5, 0.6) is 0 Å². The number of aromatic nitrogens is 1. The van der Waals surface area contributed by atoms with Crippen LogP contribution in [0.3, 0.4) is 0 Å². The van der Waals surface area contributed by atoms with Gasteiger partial charge in [0, 0.05) is 62.6 Å². The molecule has 9 heteroatoms. The number of aliphatic hydroxyl groups is 1. The van der Waals surface area contributed by atoms with E-state index >= 15 is 0 Å². The maximum Gasteiger partial charge on any atom is 0.272 e. The third-order valence-electron chi connectivity index (χ3n) is 8.18. The van der Waals surface area contributed by atoms with Crippen molar-refractivity contribution in [1.82, 2.24) is 24.0 Å². The highest BCUT2D eigenvalue weighted by atomic mass is 32.2. The minimum atomic E-state index is -1.32. The minimum Gasteiger partial charge on any atom is -0.396 e. The van der Waals surface area contributed by atoms with Crippen molar-refractivity contribution in [1.29, 1.82) is 0 Å². The van der Waals surface area contributed by atoms with E-state index in [0.717, 1.165) is 41.9 Å². The number of hydrogen-bond donors (Lipinski definition) is 1. The molecule has 2 aromatic carbocycles. The number of carbonyl (C=O) groups excluding carboxylic acids is 1. The standard InChI is InChI=1S/C36H45N5O3S/c1-36(2,3)45(44)41-26-30-24-31(35(43)40-20-18-39(19-21-40)25-28-11-7-6-8-12-28)37-34(33(30)32(41)16-22-42)29-15-9-13-27(23-29)14-10-17-38(4)5/h6-9,11-13,15,23-24,32,42H,16-22,25-26H2,1-5H3/t32-,45-/m0/s1. The smallest absolute Gasteiger partial charge is 0.272 e. The fraction of sp³-hybridized carbons (Fsp3) is 0.444. The van der Waals surface area contributed by atoms with Gasteiger partial charge in [-0.2, -0.15) is 0 Å². The number of rotatable bonds is 8. The van der Waals surface area contributed by atoms with Crippen molar-refractivity contribution in [3.63, 3.8) is 0 Å². The zero-order valence-electron chi connectivity index (χ0n) is 27.1. The van der Waals surface area contributed by atoms with Gasteiger partial charge in [0.15, 0.2) is 0 Å². The lowest BCUT2D eigenvalue weighted by molar-refractivity contribution is 0.0622. The molecular weight excluding hydrogens is 582 g/mol. The van der Waals surface area contributed by atoms with Crippen molar-refractivity contribution in [2.75, 3.05) is 53.4 Å². The lowest BCUT2D eigenvalue weighted by Gasteiger charge is -2.34. The topological polar surface area (TPSA) is 80.2 Å². The highest BCUT2D eigenvalue weighted by Gasteiger charge is 2.40. The molecule has 0 unspecified atom stereocenters. The summed E-state index contributed by atoms with van der Waals surface area (Å²) in [4.78, 5) is 25.3. The SMILES string of the molecule is CN(C)CC#Cc1cccc(-c2nc(C(=O)N3CCN(Cc4ccccc4)CC3)cc3c2[C@H](CCO)N([S@@](=O)C(C)(C)C)C3)c1. The molecule has 3 aromatic rings. The van der Waals surface area contributed by atoms with Crippen molar-refractivity contribution in [3.8, 4) is 23.1 Å². The van der Waals surface area contributed by atoms with Crippen LogP contribution in [-0.2, 0) is 24.1 Å². The van der Waals surface area contributed by atoms with Gasteiger partial charge in [-0.15, -0.1) is 0 Å². The number of benzene rings is 2. The first-order chi connectivity index (χ1) is 21.5. The fourth-order valence-corrected chi connectivity index (χ4v) is 7.36. The first-order valence-electron chi connectivity index (χ1n) is 15.7. The molecule has 2 aliphatic heterocycles. The van der Waals surface area contributed by atoms with Gasteiger partial charge in [0.2, 0.25) is 0 Å². The van der Waals surface area contributed by atoms with Crippen LogP contribution >= 0.6 is 0 Å². The molecule has 1 N–H and O–H groups in total. The normalized spacial score (nSPS) is 18.0. The van der Waals surface area contributed by atoms with E-state index in [1.807, 2.05) is 85.4 Å². The summed E-state index contributed by atoms with van der Waals surface area (Å²) in [5.74, 6) is 6.36. The van der Waals surface area contributed by atoms with Gasteiger partial charge in [-0.05, 0) is 70.6 Å². The van der Waals surface area contributed by atoms with Gasteiger partial charge in [0.25, 0.3) is 5.91 Å². The van der Waals surface area contributed by atoms with E-state index in [4.69, 9.17) is 4.98 Å². The van der Waals surface area contributed by atoms with Crippen LogP contribution in [0.15, 0.2) is 60.7 Å². The quantitative estimate of drug-likeness (QED) is 0.375. The summed E-state index contributed by atoms with van der Waals surface area (Å²) in [5, 5.41) is 10.1. The maximum absolute atomic E-state index is 14.0. The first-order valence-corrected chi connectivity index (χ1v) is 16.8. The number of aliphatic hydroxyl groups excluding tert-OH is 1. The number of nitrogens with zero attached hydrogens (tertiary/aromatic N) is 5. The Labute approximate surface area is 270 Å². The molecule has 3 heterocycles. The van der Waals surface area contributed by atoms with Crippen LogP contribution < -0.4 is 0 Å². The molecule has 1 fully saturated rings. The summed E-state index contributed by atoms with van der Waals surface area (Å²) in [6.07, 6.45) is 0.419. The molecule has 1 saturated heterocycles. The minimum absolute atomic E-state index is 0.0502. The average molecular weight is 628 g/mol. The van der Waals surface area contributed by atoms with E-state index in [1.165, 1.54) is 5.56 Å². The van der Waals surface area contributed by atoms with Crippen molar-refractivity contribution in [2.45, 2.75) is 51.1 Å². The summed E-state index contributed by atoms with van der Waals surface area (Å²) in [6, 6.07) is 20.0. The second kappa shape index (κ2) is 14.4. The highest BCUT2D eigenvalue weighted by molar-refractivity contribution is 7.84. The molecule has 0 aliphatic carbocycles. The van der Waals surface area contributed by atoms with E-state index in [2.05, 4.69) is 41.0 Å². The zero-order chi connectivity index (χ0) is 32.1. The van der Waals surface area contributed by atoms with E-state index in [1.54, 1.807) is 0 Å². The predicted octanol–water partition coefficient (Wildman–Crippen LogP) is 4.32. The van der Waals surface area contributed by atoms with E-state index in [9.17, 15) is 14.1 Å². The third kappa shape index (κ3) is 7.89. The van der Waals surface area contributed by atoms with Gasteiger partial charge in [0.05, 0.1) is 23.0 Å². The predicted molar refractivity (Wildman–Crippen MR) is 181 cm³/mol. The number of pyridine rings is 1. The molecule has 8 nitrogen and oxygen atoms in total. The second-order valence-corrected chi connectivity index (χ2v) is 15.3. The molecule has 1 amide bonds. The van der Waals surface area contributed by atoms with E-state index in [0.29, 0.717) is 44.0 Å². The van der Waals surface area contributed by atoms with Gasteiger partial charge in [-0.25, -0.2) is 13.5 Å². The van der Waals surface area contributed by atoms with E-state index in [-0.39, 0.29) is 18.6 Å². The Morgan fingerprint density at radius 2 is 1.78 bits per heavy atom. The number of fused-ring (bicyclic) bond motifs is 1. The maximum atomic E-state index is 14.0.